The highest BCUT2D eigenvalue weighted by Crippen LogP contribution is 2.26. The average Bonchev–Trinajstić information content (AvgIpc) is 2.81. The molecule has 1 aromatic carbocycles. The first kappa shape index (κ1) is 12.8. The first-order valence-electron chi connectivity index (χ1n) is 5.99. The van der Waals surface area contributed by atoms with Crippen molar-refractivity contribution in [2.75, 3.05) is 30.9 Å². The Bertz CT molecular complexity index is 644. The van der Waals surface area contributed by atoms with Crippen molar-refractivity contribution in [3.63, 3.8) is 0 Å². The molecule has 19 heavy (non-hydrogen) atoms. The molecule has 8 heteroatoms. The standard InChI is InChI=1S/C11H14N4O2S2/c16-19(17,15-7-5-12-6-8-15)14-11-13-9-3-1-2-4-10(9)18-11/h1-4,12H,5-8H2,(H,13,14). The minimum Gasteiger partial charge on any atom is -0.314 e. The molecule has 6 nitrogen and oxygen atoms in total. The number of thiazole rings is 1. The molecule has 2 heterocycles. The zero-order chi connectivity index (χ0) is 13.3. The monoisotopic (exact) mass is 298 g/mol. The van der Waals surface area contributed by atoms with Crippen LogP contribution in [0, 0.1) is 0 Å². The predicted molar refractivity (Wildman–Crippen MR) is 76.6 cm³/mol. The summed E-state index contributed by atoms with van der Waals surface area (Å²) in [4.78, 5) is 4.28. The Balaban J connectivity index is 1.83. The summed E-state index contributed by atoms with van der Waals surface area (Å²) in [6, 6.07) is 7.59. The molecule has 1 aromatic heterocycles. The van der Waals surface area contributed by atoms with Crippen LogP contribution in [0.3, 0.4) is 0 Å². The van der Waals surface area contributed by atoms with Crippen molar-refractivity contribution in [2.45, 2.75) is 0 Å². The Kier molecular flexibility index (Phi) is 3.40. The minimum atomic E-state index is -3.49. The lowest BCUT2D eigenvalue weighted by molar-refractivity contribution is 0.362. The summed E-state index contributed by atoms with van der Waals surface area (Å²) in [7, 11) is -3.49. The van der Waals surface area contributed by atoms with Gasteiger partial charge in [-0.15, -0.1) is 0 Å². The highest BCUT2D eigenvalue weighted by Gasteiger charge is 2.24. The van der Waals surface area contributed by atoms with Crippen molar-refractivity contribution in [1.82, 2.24) is 14.6 Å². The van der Waals surface area contributed by atoms with E-state index in [4.69, 9.17) is 0 Å². The molecule has 0 atom stereocenters. The van der Waals surface area contributed by atoms with Crippen LogP contribution in [0.4, 0.5) is 5.13 Å². The third kappa shape index (κ3) is 2.71. The van der Waals surface area contributed by atoms with E-state index in [1.807, 2.05) is 24.3 Å². The van der Waals surface area contributed by atoms with E-state index >= 15 is 0 Å². The molecule has 1 aliphatic heterocycles. The summed E-state index contributed by atoms with van der Waals surface area (Å²) >= 11 is 1.34. The van der Waals surface area contributed by atoms with Gasteiger partial charge in [0.1, 0.15) is 0 Å². The summed E-state index contributed by atoms with van der Waals surface area (Å²) < 4.78 is 29.3. The predicted octanol–water partition coefficient (Wildman–Crippen LogP) is 0.858. The van der Waals surface area contributed by atoms with E-state index in [1.54, 1.807) is 0 Å². The largest absolute Gasteiger partial charge is 0.314 e. The van der Waals surface area contributed by atoms with Crippen molar-refractivity contribution < 1.29 is 8.42 Å². The molecule has 2 N–H and O–H groups in total. The molecule has 1 aliphatic rings. The molecule has 1 fully saturated rings. The highest BCUT2D eigenvalue weighted by atomic mass is 32.2. The van der Waals surface area contributed by atoms with Crippen LogP contribution >= 0.6 is 11.3 Å². The highest BCUT2D eigenvalue weighted by molar-refractivity contribution is 7.90. The van der Waals surface area contributed by atoms with E-state index < -0.39 is 10.2 Å². The fourth-order valence-electron chi connectivity index (χ4n) is 1.98. The van der Waals surface area contributed by atoms with Gasteiger partial charge in [-0.2, -0.15) is 12.7 Å². The molecular weight excluding hydrogens is 284 g/mol. The van der Waals surface area contributed by atoms with Crippen molar-refractivity contribution in [2.24, 2.45) is 0 Å². The number of para-hydroxylation sites is 1. The van der Waals surface area contributed by atoms with Crippen molar-refractivity contribution in [3.05, 3.63) is 24.3 Å². The fraction of sp³-hybridized carbons (Fsp3) is 0.364. The number of hydrogen-bond acceptors (Lipinski definition) is 5. The van der Waals surface area contributed by atoms with Gasteiger partial charge in [0.15, 0.2) is 5.13 Å². The Morgan fingerprint density at radius 2 is 2.00 bits per heavy atom. The lowest BCUT2D eigenvalue weighted by atomic mass is 10.3. The van der Waals surface area contributed by atoms with E-state index in [0.29, 0.717) is 31.3 Å². The Morgan fingerprint density at radius 1 is 1.26 bits per heavy atom. The van der Waals surface area contributed by atoms with Gasteiger partial charge in [0, 0.05) is 26.2 Å². The zero-order valence-corrected chi connectivity index (χ0v) is 11.8. The van der Waals surface area contributed by atoms with Crippen LogP contribution in [-0.2, 0) is 10.2 Å². The fourth-order valence-corrected chi connectivity index (χ4v) is 4.23. The second-order valence-corrected chi connectivity index (χ2v) is 6.94. The molecule has 0 radical (unpaired) electrons. The van der Waals surface area contributed by atoms with Gasteiger partial charge in [0.05, 0.1) is 10.2 Å². The van der Waals surface area contributed by atoms with E-state index in [0.717, 1.165) is 10.2 Å². The topological polar surface area (TPSA) is 74.3 Å². The molecule has 0 spiro atoms. The maximum absolute atomic E-state index is 12.2. The van der Waals surface area contributed by atoms with Crippen LogP contribution in [0.5, 0.6) is 0 Å². The number of fused-ring (bicyclic) bond motifs is 1. The Hall–Kier alpha value is -1.22. The number of anilines is 1. The van der Waals surface area contributed by atoms with E-state index in [1.165, 1.54) is 15.6 Å². The number of nitrogens with one attached hydrogen (secondary N) is 2. The van der Waals surface area contributed by atoms with Gasteiger partial charge >= 0.3 is 10.2 Å². The second kappa shape index (κ2) is 5.04. The number of aromatic nitrogens is 1. The number of rotatable bonds is 3. The van der Waals surface area contributed by atoms with Crippen molar-refractivity contribution in [3.8, 4) is 0 Å². The minimum absolute atomic E-state index is 0.416. The molecule has 1 saturated heterocycles. The van der Waals surface area contributed by atoms with Gasteiger partial charge in [0.2, 0.25) is 0 Å². The van der Waals surface area contributed by atoms with Crippen molar-refractivity contribution >= 4 is 36.9 Å². The van der Waals surface area contributed by atoms with Crippen LogP contribution in [0.1, 0.15) is 0 Å². The van der Waals surface area contributed by atoms with E-state index in [2.05, 4.69) is 15.0 Å². The Labute approximate surface area is 115 Å². The molecule has 0 unspecified atom stereocenters. The van der Waals surface area contributed by atoms with Crippen LogP contribution < -0.4 is 10.0 Å². The molecule has 102 valence electrons. The summed E-state index contributed by atoms with van der Waals surface area (Å²) in [5, 5.41) is 3.54. The lowest BCUT2D eigenvalue weighted by Gasteiger charge is -2.26. The van der Waals surface area contributed by atoms with Crippen LogP contribution in [0.15, 0.2) is 24.3 Å². The SMILES string of the molecule is O=S(=O)(Nc1nc2ccccc2s1)N1CCNCC1. The van der Waals surface area contributed by atoms with E-state index in [9.17, 15) is 8.42 Å². The number of nitrogens with zero attached hydrogens (tertiary/aromatic N) is 2. The third-order valence-corrected chi connectivity index (χ3v) is 5.50. The lowest BCUT2D eigenvalue weighted by Crippen LogP contribution is -2.48. The maximum Gasteiger partial charge on any atom is 0.303 e. The zero-order valence-electron chi connectivity index (χ0n) is 10.2. The molecule has 0 aliphatic carbocycles. The van der Waals surface area contributed by atoms with E-state index in [-0.39, 0.29) is 0 Å². The first-order chi connectivity index (χ1) is 9.15. The van der Waals surface area contributed by atoms with Gasteiger partial charge in [-0.3, -0.25) is 0 Å². The molecule has 3 rings (SSSR count). The summed E-state index contributed by atoms with van der Waals surface area (Å²) in [5.41, 5.74) is 0.811. The molecule has 2 aromatic rings. The van der Waals surface area contributed by atoms with Gasteiger partial charge in [-0.05, 0) is 12.1 Å². The smallest absolute Gasteiger partial charge is 0.303 e. The second-order valence-electron chi connectivity index (χ2n) is 4.24. The molecule has 0 saturated carbocycles. The molecule has 0 bridgehead atoms. The summed E-state index contributed by atoms with van der Waals surface area (Å²) in [6.45, 7) is 2.34. The van der Waals surface area contributed by atoms with Gasteiger partial charge in [-0.1, -0.05) is 23.5 Å². The third-order valence-electron chi connectivity index (χ3n) is 2.93. The van der Waals surface area contributed by atoms with Crippen LogP contribution in [0.25, 0.3) is 10.2 Å². The normalized spacial score (nSPS) is 17.7. The maximum atomic E-state index is 12.2. The van der Waals surface area contributed by atoms with Crippen LogP contribution in [-0.4, -0.2) is 43.9 Å². The number of benzene rings is 1. The summed E-state index contributed by atoms with van der Waals surface area (Å²) in [6.07, 6.45) is 0. The van der Waals surface area contributed by atoms with Crippen molar-refractivity contribution in [1.29, 1.82) is 0 Å². The number of piperazine rings is 1. The van der Waals surface area contributed by atoms with Crippen LogP contribution in [0.2, 0.25) is 0 Å². The molecule has 0 amide bonds. The van der Waals surface area contributed by atoms with Gasteiger partial charge < -0.3 is 5.32 Å². The van der Waals surface area contributed by atoms with Gasteiger partial charge in [-0.25, -0.2) is 9.71 Å². The van der Waals surface area contributed by atoms with Gasteiger partial charge in [0.25, 0.3) is 0 Å². The average molecular weight is 298 g/mol. The quantitative estimate of drug-likeness (QED) is 0.881. The molecular formula is C11H14N4O2S2. The number of hydrogen-bond donors (Lipinski definition) is 2. The summed E-state index contributed by atoms with van der Waals surface area (Å²) in [5.74, 6) is 0. The first-order valence-corrected chi connectivity index (χ1v) is 8.25. The Morgan fingerprint density at radius 3 is 2.74 bits per heavy atom.